The van der Waals surface area contributed by atoms with Gasteiger partial charge in [0.2, 0.25) is 5.82 Å². The van der Waals surface area contributed by atoms with Gasteiger partial charge in [0.25, 0.3) is 0 Å². The van der Waals surface area contributed by atoms with Gasteiger partial charge in [-0.15, -0.1) is 0 Å². The molecule has 1 N–H and O–H groups in total. The summed E-state index contributed by atoms with van der Waals surface area (Å²) < 4.78 is 0. The molecule has 7 nitrogen and oxygen atoms in total. The van der Waals surface area contributed by atoms with Crippen LogP contribution in [-0.2, 0) is 4.79 Å². The number of nitrogens with zero attached hydrogens (tertiary/aromatic N) is 3. The third-order valence-electron chi connectivity index (χ3n) is 3.92. The second-order valence-corrected chi connectivity index (χ2v) is 5.00. The maximum Gasteiger partial charge on any atom is 0.329 e. The molecule has 0 bridgehead atoms. The predicted molar refractivity (Wildman–Crippen MR) is 72.9 cm³/mol. The van der Waals surface area contributed by atoms with Crippen LogP contribution in [0.2, 0.25) is 0 Å². The van der Waals surface area contributed by atoms with Crippen LogP contribution in [0.3, 0.4) is 0 Å². The van der Waals surface area contributed by atoms with Crippen molar-refractivity contribution in [3.05, 3.63) is 27.9 Å². The van der Waals surface area contributed by atoms with E-state index in [0.717, 1.165) is 0 Å². The summed E-state index contributed by atoms with van der Waals surface area (Å²) in [6.07, 6.45) is 1.55. The number of carboxylic acids is 1. The summed E-state index contributed by atoms with van der Waals surface area (Å²) in [6, 6.07) is 2.95. The Hall–Kier alpha value is -2.18. The summed E-state index contributed by atoms with van der Waals surface area (Å²) in [5, 5.41) is 20.7. The molecule has 1 fully saturated rings. The highest BCUT2D eigenvalue weighted by molar-refractivity contribution is 5.85. The van der Waals surface area contributed by atoms with Crippen LogP contribution in [0.4, 0.5) is 11.5 Å². The first-order valence-electron chi connectivity index (χ1n) is 6.55. The number of aliphatic carboxylic acids is 1. The molecule has 0 radical (unpaired) electrons. The largest absolute Gasteiger partial charge is 0.479 e. The zero-order chi connectivity index (χ0) is 14.9. The van der Waals surface area contributed by atoms with Crippen molar-refractivity contribution in [2.24, 2.45) is 0 Å². The van der Waals surface area contributed by atoms with Gasteiger partial charge in [0.15, 0.2) is 0 Å². The maximum atomic E-state index is 11.7. The van der Waals surface area contributed by atoms with Gasteiger partial charge in [0.1, 0.15) is 5.54 Å². The van der Waals surface area contributed by atoms with E-state index in [4.69, 9.17) is 0 Å². The van der Waals surface area contributed by atoms with Crippen molar-refractivity contribution in [1.29, 1.82) is 0 Å². The van der Waals surface area contributed by atoms with Crippen LogP contribution >= 0.6 is 0 Å². The van der Waals surface area contributed by atoms with Crippen LogP contribution in [0.1, 0.15) is 31.9 Å². The molecule has 1 aliphatic heterocycles. The van der Waals surface area contributed by atoms with E-state index in [1.165, 1.54) is 6.07 Å². The Balaban J connectivity index is 2.57. The Morgan fingerprint density at radius 2 is 2.30 bits per heavy atom. The number of rotatable bonds is 4. The standard InChI is InChI=1S/C13H17N3O4/c1-3-13(12(17)18)7-4-8-15(13)11-10(16(19)20)6-5-9(2)14-11/h5-6H,3-4,7-8H2,1-2H3,(H,17,18). The molecule has 1 saturated heterocycles. The number of carboxylic acid groups (broad SMARTS) is 1. The van der Waals surface area contributed by atoms with Crippen LogP contribution < -0.4 is 4.90 Å². The van der Waals surface area contributed by atoms with Gasteiger partial charge in [0.05, 0.1) is 4.92 Å². The van der Waals surface area contributed by atoms with Gasteiger partial charge in [0, 0.05) is 18.3 Å². The lowest BCUT2D eigenvalue weighted by Crippen LogP contribution is -2.50. The summed E-state index contributed by atoms with van der Waals surface area (Å²) in [6.45, 7) is 3.99. The Labute approximate surface area is 116 Å². The lowest BCUT2D eigenvalue weighted by molar-refractivity contribution is -0.384. The third kappa shape index (κ3) is 2.09. The summed E-state index contributed by atoms with van der Waals surface area (Å²) in [5.74, 6) is -0.785. The number of anilines is 1. The molecule has 1 aromatic heterocycles. The second-order valence-electron chi connectivity index (χ2n) is 5.00. The summed E-state index contributed by atoms with van der Waals surface area (Å²) in [5.41, 5.74) is -0.601. The van der Waals surface area contributed by atoms with E-state index >= 15 is 0 Å². The molecule has 1 unspecified atom stereocenters. The lowest BCUT2D eigenvalue weighted by Gasteiger charge is -2.34. The molecule has 0 aliphatic carbocycles. The summed E-state index contributed by atoms with van der Waals surface area (Å²) >= 11 is 0. The fourth-order valence-electron chi connectivity index (χ4n) is 2.81. The molecule has 7 heteroatoms. The van der Waals surface area contributed by atoms with E-state index in [2.05, 4.69) is 4.98 Å². The van der Waals surface area contributed by atoms with Gasteiger partial charge in [-0.05, 0) is 32.3 Å². The van der Waals surface area contributed by atoms with Gasteiger partial charge < -0.3 is 10.0 Å². The molecule has 2 heterocycles. The van der Waals surface area contributed by atoms with E-state index in [-0.39, 0.29) is 11.5 Å². The highest BCUT2D eigenvalue weighted by atomic mass is 16.6. The van der Waals surface area contributed by atoms with E-state index < -0.39 is 16.4 Å². The highest BCUT2D eigenvalue weighted by Crippen LogP contribution is 2.39. The molecular formula is C13H17N3O4. The molecule has 108 valence electrons. The first-order valence-corrected chi connectivity index (χ1v) is 6.55. The highest BCUT2D eigenvalue weighted by Gasteiger charge is 2.48. The van der Waals surface area contributed by atoms with Crippen molar-refractivity contribution in [3.63, 3.8) is 0 Å². The zero-order valence-electron chi connectivity index (χ0n) is 11.5. The van der Waals surface area contributed by atoms with Gasteiger partial charge in [-0.25, -0.2) is 9.78 Å². The number of aryl methyl sites for hydroxylation is 1. The SMILES string of the molecule is CCC1(C(=O)O)CCCN1c1nc(C)ccc1[N+](=O)[O-]. The molecule has 2 rings (SSSR count). The van der Waals surface area contributed by atoms with Crippen molar-refractivity contribution in [2.45, 2.75) is 38.6 Å². The van der Waals surface area contributed by atoms with E-state index in [9.17, 15) is 20.0 Å². The van der Waals surface area contributed by atoms with Crippen LogP contribution in [0, 0.1) is 17.0 Å². The van der Waals surface area contributed by atoms with Crippen molar-refractivity contribution in [2.75, 3.05) is 11.4 Å². The molecule has 0 spiro atoms. The smallest absolute Gasteiger partial charge is 0.329 e. The number of hydrogen-bond acceptors (Lipinski definition) is 5. The molecule has 20 heavy (non-hydrogen) atoms. The van der Waals surface area contributed by atoms with Crippen molar-refractivity contribution in [3.8, 4) is 0 Å². The van der Waals surface area contributed by atoms with Gasteiger partial charge in [-0.1, -0.05) is 6.92 Å². The van der Waals surface area contributed by atoms with Crippen molar-refractivity contribution >= 4 is 17.5 Å². The first kappa shape index (κ1) is 14.2. The average Bonchev–Trinajstić information content (AvgIpc) is 2.83. The predicted octanol–water partition coefficient (Wildman–Crippen LogP) is 2.13. The van der Waals surface area contributed by atoms with Crippen LogP contribution in [0.5, 0.6) is 0 Å². The number of pyridine rings is 1. The Kier molecular flexibility index (Phi) is 3.61. The van der Waals surface area contributed by atoms with Gasteiger partial charge >= 0.3 is 11.7 Å². The Morgan fingerprint density at radius 1 is 1.60 bits per heavy atom. The topological polar surface area (TPSA) is 96.6 Å². The van der Waals surface area contributed by atoms with Gasteiger partial charge in [-0.2, -0.15) is 0 Å². The molecule has 1 atom stereocenters. The number of hydrogen-bond donors (Lipinski definition) is 1. The average molecular weight is 279 g/mol. The quantitative estimate of drug-likeness (QED) is 0.670. The fourth-order valence-corrected chi connectivity index (χ4v) is 2.81. The van der Waals surface area contributed by atoms with Gasteiger partial charge in [-0.3, -0.25) is 10.1 Å². The van der Waals surface area contributed by atoms with E-state index in [1.807, 2.05) is 0 Å². The molecule has 0 aromatic carbocycles. The second kappa shape index (κ2) is 5.07. The van der Waals surface area contributed by atoms with Crippen LogP contribution in [-0.4, -0.2) is 33.1 Å². The lowest BCUT2D eigenvalue weighted by atomic mass is 9.93. The minimum atomic E-state index is -1.09. The Morgan fingerprint density at radius 3 is 2.85 bits per heavy atom. The van der Waals surface area contributed by atoms with Crippen LogP contribution in [0.25, 0.3) is 0 Å². The summed E-state index contributed by atoms with van der Waals surface area (Å²) in [7, 11) is 0. The van der Waals surface area contributed by atoms with Crippen molar-refractivity contribution in [1.82, 2.24) is 4.98 Å². The normalized spacial score (nSPS) is 22.0. The molecule has 1 aliphatic rings. The summed E-state index contributed by atoms with van der Waals surface area (Å²) in [4.78, 5) is 28.1. The first-order chi connectivity index (χ1) is 9.42. The molecular weight excluding hydrogens is 262 g/mol. The molecule has 0 amide bonds. The van der Waals surface area contributed by atoms with Crippen molar-refractivity contribution < 1.29 is 14.8 Å². The minimum absolute atomic E-state index is 0.142. The van der Waals surface area contributed by atoms with E-state index in [1.54, 1.807) is 24.8 Å². The number of nitro groups is 1. The number of aromatic nitrogens is 1. The zero-order valence-corrected chi connectivity index (χ0v) is 11.5. The maximum absolute atomic E-state index is 11.7. The number of carbonyl (C=O) groups is 1. The fraction of sp³-hybridized carbons (Fsp3) is 0.538. The Bertz CT molecular complexity index is 561. The van der Waals surface area contributed by atoms with E-state index in [0.29, 0.717) is 31.5 Å². The molecule has 1 aromatic rings. The molecule has 0 saturated carbocycles. The minimum Gasteiger partial charge on any atom is -0.479 e. The third-order valence-corrected chi connectivity index (χ3v) is 3.92. The van der Waals surface area contributed by atoms with Crippen LogP contribution in [0.15, 0.2) is 12.1 Å². The monoisotopic (exact) mass is 279 g/mol.